The molecule has 340 valence electrons. The minimum Gasteiger partial charge on any atom is -0.508 e. The van der Waals surface area contributed by atoms with E-state index in [4.69, 9.17) is 11.5 Å². The topological polar surface area (TPSA) is 300 Å². The summed E-state index contributed by atoms with van der Waals surface area (Å²) in [6.45, 7) is 5.52. The summed E-state index contributed by atoms with van der Waals surface area (Å²) in [6, 6.07) is 7.56. The number of benzene rings is 2. The third kappa shape index (κ3) is 16.6. The Morgan fingerprint density at radius 3 is 2.21 bits per heavy atom. The number of phenols is 1. The number of likely N-dealkylation sites (N-methyl/N-ethyl adjacent to an activating group) is 1. The Kier molecular flexibility index (Phi) is 20.5. The van der Waals surface area contributed by atoms with Crippen molar-refractivity contribution in [2.45, 2.75) is 121 Å². The lowest BCUT2D eigenvalue weighted by Gasteiger charge is -2.32. The quantitative estimate of drug-likeness (QED) is 0.0678. The van der Waals surface area contributed by atoms with Gasteiger partial charge in [0.15, 0.2) is 5.96 Å². The summed E-state index contributed by atoms with van der Waals surface area (Å²) in [6.07, 6.45) is 2.55. The number of aryl methyl sites for hydroxylation is 1. The number of hydrogen-bond donors (Lipinski definition) is 10. The molecule has 1 saturated heterocycles. The standard InChI is InChI=1S/C43H64N10O9/c1-5-26(2)35-39(58)48-32(22-19-28-17-20-30(54)21-18-28)40(59)53(4)27(3)36(55)49-34(25-29-13-7-6-8-14-29)37(56)46-23-11-9-15-31(38(57)52-35)50-43(62)51-33(41(60)61)16-10-12-24-47-42(44)45/h6-8,13-14,17-18,20-21,26-27,31-35,54H,5,9-12,15-16,19,22-25H2,1-4H3,(H,46,56)(H,48,58)(H,49,55)(H,52,57)(H,60,61)(H4,44,45,47)(H2,50,51,62)/t26-,27+,31-,32+,33?,34+,35+/m1/s1. The molecule has 19 heteroatoms. The number of guanidine groups is 1. The summed E-state index contributed by atoms with van der Waals surface area (Å²) >= 11 is 0. The van der Waals surface area contributed by atoms with Gasteiger partial charge in [-0.3, -0.25) is 29.0 Å². The average molecular weight is 865 g/mol. The zero-order valence-corrected chi connectivity index (χ0v) is 36.0. The number of carboxylic acid groups (broad SMARTS) is 1. The molecule has 62 heavy (non-hydrogen) atoms. The Balaban J connectivity index is 1.96. The van der Waals surface area contributed by atoms with Gasteiger partial charge in [-0.2, -0.15) is 0 Å². The molecule has 7 atom stereocenters. The van der Waals surface area contributed by atoms with Gasteiger partial charge in [0, 0.05) is 26.6 Å². The molecule has 0 aromatic heterocycles. The van der Waals surface area contributed by atoms with E-state index >= 15 is 0 Å². The fraction of sp³-hybridized carbons (Fsp3) is 0.535. The summed E-state index contributed by atoms with van der Waals surface area (Å²) in [7, 11) is 1.43. The molecule has 12 N–H and O–H groups in total. The molecule has 1 unspecified atom stereocenters. The van der Waals surface area contributed by atoms with Crippen molar-refractivity contribution in [1.29, 1.82) is 0 Å². The van der Waals surface area contributed by atoms with Crippen LogP contribution in [0.5, 0.6) is 5.75 Å². The van der Waals surface area contributed by atoms with E-state index in [0.29, 0.717) is 38.5 Å². The van der Waals surface area contributed by atoms with E-state index < -0.39 is 83.7 Å². The first-order valence-electron chi connectivity index (χ1n) is 21.1. The number of carbonyl (C=O) groups is 7. The maximum Gasteiger partial charge on any atom is 0.326 e. The van der Waals surface area contributed by atoms with Crippen LogP contribution in [0.25, 0.3) is 0 Å². The number of urea groups is 1. The maximum atomic E-state index is 14.3. The molecule has 1 aliphatic heterocycles. The number of unbranched alkanes of at least 4 members (excludes halogenated alkanes) is 1. The first-order chi connectivity index (χ1) is 29.5. The second-order valence-corrected chi connectivity index (χ2v) is 15.7. The molecule has 7 amide bonds. The van der Waals surface area contributed by atoms with Crippen LogP contribution in [0.4, 0.5) is 4.79 Å². The van der Waals surface area contributed by atoms with Crippen LogP contribution in [0.3, 0.4) is 0 Å². The third-order valence-electron chi connectivity index (χ3n) is 10.9. The number of nitrogens with two attached hydrogens (primary N) is 2. The van der Waals surface area contributed by atoms with Gasteiger partial charge in [-0.05, 0) is 87.5 Å². The lowest BCUT2D eigenvalue weighted by Crippen LogP contribution is -2.60. The Hall–Kier alpha value is -6.40. The van der Waals surface area contributed by atoms with Crippen LogP contribution in [0.15, 0.2) is 59.6 Å². The smallest absolute Gasteiger partial charge is 0.326 e. The number of rotatable bonds is 15. The van der Waals surface area contributed by atoms with Crippen molar-refractivity contribution in [3.8, 4) is 5.75 Å². The molecule has 2 aromatic carbocycles. The number of hydrogen-bond acceptors (Lipinski definition) is 9. The number of aromatic hydroxyl groups is 1. The normalized spacial score (nSPS) is 21.9. The number of aliphatic carboxylic acids is 1. The van der Waals surface area contributed by atoms with E-state index in [2.05, 4.69) is 36.9 Å². The number of aliphatic imine (C=N–C) groups is 1. The second-order valence-electron chi connectivity index (χ2n) is 15.7. The van der Waals surface area contributed by atoms with Gasteiger partial charge in [0.1, 0.15) is 42.0 Å². The lowest BCUT2D eigenvalue weighted by molar-refractivity contribution is -0.142. The van der Waals surface area contributed by atoms with Gasteiger partial charge in [0.25, 0.3) is 0 Å². The van der Waals surface area contributed by atoms with Crippen molar-refractivity contribution >= 4 is 47.5 Å². The molecule has 0 aliphatic carbocycles. The molecule has 3 rings (SSSR count). The van der Waals surface area contributed by atoms with Crippen molar-refractivity contribution < 1.29 is 43.8 Å². The minimum atomic E-state index is -1.30. The highest BCUT2D eigenvalue weighted by molar-refractivity contribution is 5.96. The molecule has 0 spiro atoms. The van der Waals surface area contributed by atoms with E-state index in [1.165, 1.54) is 31.0 Å². The zero-order valence-electron chi connectivity index (χ0n) is 36.0. The monoisotopic (exact) mass is 864 g/mol. The molecular weight excluding hydrogens is 801 g/mol. The molecular formula is C43H64N10O9. The summed E-state index contributed by atoms with van der Waals surface area (Å²) in [4.78, 5) is 100. The van der Waals surface area contributed by atoms with E-state index in [-0.39, 0.29) is 50.5 Å². The van der Waals surface area contributed by atoms with Crippen LogP contribution < -0.4 is 43.4 Å². The van der Waals surface area contributed by atoms with Crippen LogP contribution in [-0.2, 0) is 41.6 Å². The number of phenolic OH excluding ortho intramolecular Hbond substituents is 1. The molecule has 1 aliphatic rings. The Morgan fingerprint density at radius 2 is 1.56 bits per heavy atom. The molecule has 19 nitrogen and oxygen atoms in total. The molecule has 0 bridgehead atoms. The predicted octanol–water partition coefficient (Wildman–Crippen LogP) is 0.780. The van der Waals surface area contributed by atoms with Crippen LogP contribution in [0, 0.1) is 5.92 Å². The van der Waals surface area contributed by atoms with Crippen LogP contribution in [-0.4, -0.2) is 119 Å². The number of amides is 7. The van der Waals surface area contributed by atoms with Gasteiger partial charge in [0.2, 0.25) is 29.5 Å². The van der Waals surface area contributed by atoms with Gasteiger partial charge in [-0.25, -0.2) is 9.59 Å². The van der Waals surface area contributed by atoms with E-state index in [9.17, 15) is 43.8 Å². The number of carboxylic acids is 1. The summed E-state index contributed by atoms with van der Waals surface area (Å²) in [5.41, 5.74) is 12.2. The van der Waals surface area contributed by atoms with E-state index in [0.717, 1.165) is 11.1 Å². The highest BCUT2D eigenvalue weighted by Gasteiger charge is 2.36. The number of carbonyl (C=O) groups excluding carboxylic acids is 6. The SMILES string of the molecule is CC[C@@H](C)[C@@H]1NC(=O)[C@H](NC(=O)NC(CCCCN=C(N)N)C(=O)O)CCCCNC(=O)[C@H](Cc2ccccc2)NC(=O)[C@H](C)N(C)C(=O)[C@H](CCc2ccc(O)cc2)NC1=O. The fourth-order valence-corrected chi connectivity index (χ4v) is 6.77. The first kappa shape index (κ1) is 50.0. The van der Waals surface area contributed by atoms with Gasteiger partial charge < -0.3 is 58.5 Å². The van der Waals surface area contributed by atoms with Crippen LogP contribution in [0.2, 0.25) is 0 Å². The number of nitrogens with one attached hydrogen (secondary N) is 6. The highest BCUT2D eigenvalue weighted by Crippen LogP contribution is 2.16. The molecule has 1 fully saturated rings. The molecule has 1 heterocycles. The Bertz CT molecular complexity index is 1840. The van der Waals surface area contributed by atoms with Gasteiger partial charge >= 0.3 is 12.0 Å². The van der Waals surface area contributed by atoms with Crippen molar-refractivity contribution in [2.75, 3.05) is 20.1 Å². The van der Waals surface area contributed by atoms with Crippen molar-refractivity contribution in [3.05, 3.63) is 65.7 Å². The fourth-order valence-electron chi connectivity index (χ4n) is 6.77. The number of nitrogens with zero attached hydrogens (tertiary/aromatic N) is 2. The van der Waals surface area contributed by atoms with Crippen LogP contribution in [0.1, 0.15) is 83.3 Å². The first-order valence-corrected chi connectivity index (χ1v) is 21.1. The van der Waals surface area contributed by atoms with Gasteiger partial charge in [0.05, 0.1) is 0 Å². The predicted molar refractivity (Wildman–Crippen MR) is 232 cm³/mol. The summed E-state index contributed by atoms with van der Waals surface area (Å²) in [5, 5.41) is 35.9. The van der Waals surface area contributed by atoms with Crippen molar-refractivity contribution in [2.24, 2.45) is 22.4 Å². The summed E-state index contributed by atoms with van der Waals surface area (Å²) < 4.78 is 0. The molecule has 0 saturated carbocycles. The van der Waals surface area contributed by atoms with Crippen molar-refractivity contribution in [3.63, 3.8) is 0 Å². The third-order valence-corrected chi connectivity index (χ3v) is 10.9. The lowest BCUT2D eigenvalue weighted by atomic mass is 9.96. The largest absolute Gasteiger partial charge is 0.508 e. The second kappa shape index (κ2) is 25.4. The van der Waals surface area contributed by atoms with E-state index in [1.54, 1.807) is 19.1 Å². The summed E-state index contributed by atoms with van der Waals surface area (Å²) in [5.74, 6) is -4.83. The van der Waals surface area contributed by atoms with Crippen molar-refractivity contribution in [1.82, 2.24) is 36.8 Å². The Morgan fingerprint density at radius 1 is 0.887 bits per heavy atom. The van der Waals surface area contributed by atoms with E-state index in [1.807, 2.05) is 37.3 Å². The van der Waals surface area contributed by atoms with Crippen LogP contribution >= 0.6 is 0 Å². The maximum absolute atomic E-state index is 14.3. The molecule has 2 aromatic rings. The minimum absolute atomic E-state index is 0.0421. The molecule has 0 radical (unpaired) electrons. The zero-order chi connectivity index (χ0) is 45.8. The highest BCUT2D eigenvalue weighted by atomic mass is 16.4. The van der Waals surface area contributed by atoms with Gasteiger partial charge in [-0.1, -0.05) is 62.7 Å². The van der Waals surface area contributed by atoms with Gasteiger partial charge in [-0.15, -0.1) is 0 Å². The average Bonchev–Trinajstić information content (AvgIpc) is 3.24. The Labute approximate surface area is 362 Å².